The van der Waals surface area contributed by atoms with Crippen LogP contribution in [0.25, 0.3) is 0 Å². The Hall–Kier alpha value is -2.67. The van der Waals surface area contributed by atoms with E-state index in [1.807, 2.05) is 0 Å². The normalized spacial score (nSPS) is 11.8. The van der Waals surface area contributed by atoms with Gasteiger partial charge in [0.15, 0.2) is 5.12 Å². The van der Waals surface area contributed by atoms with Gasteiger partial charge in [0.1, 0.15) is 0 Å². The average molecular weight is 555 g/mol. The molecule has 0 fully saturated rings. The van der Waals surface area contributed by atoms with E-state index in [2.05, 4.69) is 115 Å². The molecular weight excluding hydrogens is 511 g/mol. The van der Waals surface area contributed by atoms with Crippen LogP contribution in [-0.4, -0.2) is 17.0 Å². The van der Waals surface area contributed by atoms with Crippen LogP contribution in [0.3, 0.4) is 0 Å². The molecule has 4 rings (SSSR count). The third-order valence-corrected chi connectivity index (χ3v) is 13.7. The van der Waals surface area contributed by atoms with Gasteiger partial charge in [0.05, 0.1) is 0 Å². The van der Waals surface area contributed by atoms with Crippen molar-refractivity contribution in [2.75, 3.05) is 11.9 Å². The van der Waals surface area contributed by atoms with Crippen molar-refractivity contribution >= 4 is 40.1 Å². The summed E-state index contributed by atoms with van der Waals surface area (Å²) in [4.78, 5) is 11.0. The van der Waals surface area contributed by atoms with E-state index in [1.54, 1.807) is 6.92 Å². The summed E-state index contributed by atoms with van der Waals surface area (Å²) in [5.41, 5.74) is 2.86. The molecule has 204 valence electrons. The number of carbonyl (C=O) groups is 1. The summed E-state index contributed by atoms with van der Waals surface area (Å²) in [6.07, 6.45) is 10.8. The van der Waals surface area contributed by atoms with Crippen LogP contribution in [-0.2, 0) is 17.6 Å². The van der Waals surface area contributed by atoms with Gasteiger partial charge in [0, 0.05) is 12.7 Å². The minimum atomic E-state index is -2.09. The van der Waals surface area contributed by atoms with Crippen LogP contribution in [0.2, 0.25) is 0 Å². The van der Waals surface area contributed by atoms with Crippen molar-refractivity contribution < 1.29 is 4.79 Å². The Bertz CT molecular complexity index is 1140. The molecule has 0 saturated heterocycles. The summed E-state index contributed by atoms with van der Waals surface area (Å²) >= 11 is 1.44. The van der Waals surface area contributed by atoms with Gasteiger partial charge in [0.25, 0.3) is 0 Å². The van der Waals surface area contributed by atoms with Gasteiger partial charge in [-0.15, -0.1) is 0 Å². The molecule has 0 spiro atoms. The molecule has 1 nitrogen and oxygen atoms in total. The topological polar surface area (TPSA) is 17.1 Å². The molecule has 0 aliphatic rings. The molecule has 0 N–H and O–H groups in total. The first-order valence-corrected chi connectivity index (χ1v) is 17.8. The van der Waals surface area contributed by atoms with Crippen molar-refractivity contribution in [3.8, 4) is 0 Å². The zero-order valence-electron chi connectivity index (χ0n) is 23.4. The maximum atomic E-state index is 11.0. The third kappa shape index (κ3) is 8.66. The SMILES string of the molecule is CC(=O)SCCCCc1ccc(CCCCCC[PH](c2ccccc2)(c2ccccc2)c2ccccc2)cc1. The van der Waals surface area contributed by atoms with Gasteiger partial charge in [-0.25, -0.2) is 0 Å². The molecule has 0 unspecified atom stereocenters. The molecule has 0 amide bonds. The van der Waals surface area contributed by atoms with Gasteiger partial charge in [-0.2, -0.15) is 0 Å². The summed E-state index contributed by atoms with van der Waals surface area (Å²) in [7, 11) is -2.09. The number of carbonyl (C=O) groups excluding carboxylic acids is 1. The summed E-state index contributed by atoms with van der Waals surface area (Å²) in [6, 6.07) is 43.1. The van der Waals surface area contributed by atoms with E-state index >= 15 is 0 Å². The van der Waals surface area contributed by atoms with Crippen molar-refractivity contribution in [1.29, 1.82) is 0 Å². The molecular formula is C36H43OPS. The first-order valence-electron chi connectivity index (χ1n) is 14.6. The Balaban J connectivity index is 1.31. The molecule has 0 radical (unpaired) electrons. The van der Waals surface area contributed by atoms with Crippen LogP contribution in [0.4, 0.5) is 0 Å². The molecule has 0 bridgehead atoms. The second kappa shape index (κ2) is 15.8. The van der Waals surface area contributed by atoms with E-state index in [0.29, 0.717) is 0 Å². The van der Waals surface area contributed by atoms with E-state index in [9.17, 15) is 4.79 Å². The first kappa shape index (κ1) is 29.3. The molecule has 0 aliphatic carbocycles. The number of unbranched alkanes of at least 4 members (excludes halogenated alkanes) is 4. The van der Waals surface area contributed by atoms with Crippen LogP contribution < -0.4 is 15.9 Å². The summed E-state index contributed by atoms with van der Waals surface area (Å²) in [5, 5.41) is 4.77. The average Bonchev–Trinajstić information content (AvgIpc) is 2.99. The second-order valence-electron chi connectivity index (χ2n) is 10.5. The molecule has 0 saturated carbocycles. The molecule has 0 aliphatic heterocycles. The van der Waals surface area contributed by atoms with E-state index < -0.39 is 7.26 Å². The number of aryl methyl sites for hydroxylation is 2. The van der Waals surface area contributed by atoms with Gasteiger partial charge < -0.3 is 0 Å². The van der Waals surface area contributed by atoms with E-state index in [0.717, 1.165) is 31.4 Å². The predicted molar refractivity (Wildman–Crippen MR) is 176 cm³/mol. The van der Waals surface area contributed by atoms with Crippen LogP contribution in [0, 0.1) is 0 Å². The molecule has 3 heteroatoms. The quantitative estimate of drug-likeness (QED) is 0.109. The van der Waals surface area contributed by atoms with Crippen LogP contribution >= 0.6 is 19.0 Å². The Kier molecular flexibility index (Phi) is 11.9. The molecule has 0 heterocycles. The molecule has 39 heavy (non-hydrogen) atoms. The Morgan fingerprint density at radius 2 is 0.949 bits per heavy atom. The van der Waals surface area contributed by atoms with Crippen molar-refractivity contribution in [3.05, 3.63) is 126 Å². The molecule has 4 aromatic carbocycles. The first-order chi connectivity index (χ1) is 19.2. The van der Waals surface area contributed by atoms with Crippen molar-refractivity contribution in [3.63, 3.8) is 0 Å². The maximum absolute atomic E-state index is 11.0. The fourth-order valence-corrected chi connectivity index (χ4v) is 11.3. The van der Waals surface area contributed by atoms with Crippen molar-refractivity contribution in [2.45, 2.75) is 58.3 Å². The summed E-state index contributed by atoms with van der Waals surface area (Å²) in [5.74, 6) is 0.944. The van der Waals surface area contributed by atoms with Gasteiger partial charge in [0.2, 0.25) is 0 Å². The Labute approximate surface area is 240 Å². The van der Waals surface area contributed by atoms with Gasteiger partial charge >= 0.3 is 201 Å². The summed E-state index contributed by atoms with van der Waals surface area (Å²) in [6.45, 7) is 1.65. The number of hydrogen-bond donors (Lipinski definition) is 0. The Morgan fingerprint density at radius 3 is 1.38 bits per heavy atom. The van der Waals surface area contributed by atoms with Gasteiger partial charge in [-0.05, 0) is 6.42 Å². The van der Waals surface area contributed by atoms with E-state index in [4.69, 9.17) is 0 Å². The fraction of sp³-hybridized carbons (Fsp3) is 0.306. The van der Waals surface area contributed by atoms with Crippen molar-refractivity contribution in [1.82, 2.24) is 0 Å². The Morgan fingerprint density at radius 1 is 0.538 bits per heavy atom. The van der Waals surface area contributed by atoms with Crippen LogP contribution in [0.1, 0.15) is 56.6 Å². The number of thioether (sulfide) groups is 1. The summed E-state index contributed by atoms with van der Waals surface area (Å²) < 4.78 is 0. The fourth-order valence-electron chi connectivity index (χ4n) is 5.69. The third-order valence-electron chi connectivity index (χ3n) is 7.76. The minimum absolute atomic E-state index is 0.226. The molecule has 0 atom stereocenters. The van der Waals surface area contributed by atoms with Crippen molar-refractivity contribution in [2.24, 2.45) is 0 Å². The van der Waals surface area contributed by atoms with Crippen LogP contribution in [0.5, 0.6) is 0 Å². The van der Waals surface area contributed by atoms with Crippen LogP contribution in [0.15, 0.2) is 115 Å². The van der Waals surface area contributed by atoms with Gasteiger partial charge in [-0.3, -0.25) is 4.79 Å². The van der Waals surface area contributed by atoms with Gasteiger partial charge in [-0.1, -0.05) is 11.8 Å². The van der Waals surface area contributed by atoms with E-state index in [1.165, 1.54) is 70.6 Å². The predicted octanol–water partition coefficient (Wildman–Crippen LogP) is 8.12. The van der Waals surface area contributed by atoms with E-state index in [-0.39, 0.29) is 5.12 Å². The molecule has 0 aromatic heterocycles. The number of rotatable bonds is 15. The zero-order valence-corrected chi connectivity index (χ0v) is 25.2. The standard InChI is InChI=1S/C36H43OPS/c1-31(37)39-30-16-14-18-33-27-25-32(26-28-33)17-7-2-3-15-29-38(34-19-8-4-9-20-34,35-21-10-5-11-22-35)36-23-12-6-13-24-36/h4-6,8-13,19-28,38H,2-3,7,14-18,29-30H2,1H3. The second-order valence-corrected chi connectivity index (χ2v) is 15.8. The zero-order chi connectivity index (χ0) is 27.2. The monoisotopic (exact) mass is 554 g/mol. The molecule has 4 aromatic rings. The number of hydrogen-bond acceptors (Lipinski definition) is 2. The number of benzene rings is 4.